The van der Waals surface area contributed by atoms with E-state index in [0.717, 1.165) is 5.75 Å². The standard InChI is InChI=1S/C13H20Cl2N2O2S2/c1-4-20-8-9(2)17-21(18,19)12-6-5-11(14)10(7-16-3)13(12)15/h5-6,9,16-17H,4,7-8H2,1-3H3. The van der Waals surface area contributed by atoms with Gasteiger partial charge in [0.2, 0.25) is 10.0 Å². The molecule has 0 spiro atoms. The quantitative estimate of drug-likeness (QED) is 0.737. The molecule has 120 valence electrons. The largest absolute Gasteiger partial charge is 0.316 e. The van der Waals surface area contributed by atoms with Crippen LogP contribution in [0.5, 0.6) is 0 Å². The van der Waals surface area contributed by atoms with E-state index in [4.69, 9.17) is 23.2 Å². The van der Waals surface area contributed by atoms with Crippen molar-refractivity contribution in [3.63, 3.8) is 0 Å². The van der Waals surface area contributed by atoms with Gasteiger partial charge in [0.1, 0.15) is 4.90 Å². The van der Waals surface area contributed by atoms with E-state index in [1.165, 1.54) is 6.07 Å². The maximum atomic E-state index is 12.4. The highest BCUT2D eigenvalue weighted by Crippen LogP contribution is 2.31. The van der Waals surface area contributed by atoms with E-state index in [1.807, 2.05) is 13.8 Å². The molecule has 1 atom stereocenters. The zero-order chi connectivity index (χ0) is 16.0. The first-order valence-electron chi connectivity index (χ1n) is 6.55. The maximum Gasteiger partial charge on any atom is 0.242 e. The monoisotopic (exact) mass is 370 g/mol. The zero-order valence-corrected chi connectivity index (χ0v) is 15.4. The van der Waals surface area contributed by atoms with Gasteiger partial charge in [-0.05, 0) is 31.9 Å². The van der Waals surface area contributed by atoms with Crippen LogP contribution in [0.2, 0.25) is 10.0 Å². The molecule has 4 nitrogen and oxygen atoms in total. The van der Waals surface area contributed by atoms with Crippen molar-refractivity contribution in [2.45, 2.75) is 31.3 Å². The Morgan fingerprint density at radius 2 is 2.00 bits per heavy atom. The van der Waals surface area contributed by atoms with Crippen LogP contribution in [-0.4, -0.2) is 33.0 Å². The molecule has 0 amide bonds. The van der Waals surface area contributed by atoms with Crippen molar-refractivity contribution in [1.82, 2.24) is 10.0 Å². The molecule has 0 aliphatic rings. The Morgan fingerprint density at radius 3 is 2.57 bits per heavy atom. The molecule has 0 aromatic heterocycles. The number of halogens is 2. The average molecular weight is 371 g/mol. The van der Waals surface area contributed by atoms with Gasteiger partial charge >= 0.3 is 0 Å². The van der Waals surface area contributed by atoms with E-state index in [1.54, 1.807) is 24.9 Å². The number of thioether (sulfide) groups is 1. The second kappa shape index (κ2) is 8.60. The van der Waals surface area contributed by atoms with Gasteiger partial charge in [0.05, 0.1) is 5.02 Å². The highest BCUT2D eigenvalue weighted by atomic mass is 35.5. The SMILES string of the molecule is CCSCC(C)NS(=O)(=O)c1ccc(Cl)c(CNC)c1Cl. The Bertz CT molecular complexity index is 580. The number of hydrogen-bond donors (Lipinski definition) is 2. The molecule has 0 aliphatic carbocycles. The molecule has 0 bridgehead atoms. The Kier molecular flexibility index (Phi) is 7.81. The Hall–Kier alpha value is 0.0200. The van der Waals surface area contributed by atoms with Crippen LogP contribution in [0, 0.1) is 0 Å². The molecule has 0 heterocycles. The molecule has 1 rings (SSSR count). The lowest BCUT2D eigenvalue weighted by Gasteiger charge is -2.16. The normalized spacial score (nSPS) is 13.4. The van der Waals surface area contributed by atoms with Crippen molar-refractivity contribution in [2.75, 3.05) is 18.6 Å². The highest BCUT2D eigenvalue weighted by molar-refractivity contribution is 7.99. The summed E-state index contributed by atoms with van der Waals surface area (Å²) in [5.41, 5.74) is 0.583. The fourth-order valence-electron chi connectivity index (χ4n) is 1.78. The van der Waals surface area contributed by atoms with E-state index in [-0.39, 0.29) is 16.0 Å². The summed E-state index contributed by atoms with van der Waals surface area (Å²) in [6, 6.07) is 2.82. The van der Waals surface area contributed by atoms with Gasteiger partial charge in [-0.3, -0.25) is 0 Å². The van der Waals surface area contributed by atoms with Gasteiger partial charge in [-0.1, -0.05) is 30.1 Å². The van der Waals surface area contributed by atoms with Gasteiger partial charge in [0.15, 0.2) is 0 Å². The summed E-state index contributed by atoms with van der Waals surface area (Å²) in [7, 11) is -1.91. The number of benzene rings is 1. The molecule has 21 heavy (non-hydrogen) atoms. The molecular formula is C13H20Cl2N2O2S2. The van der Waals surface area contributed by atoms with Crippen LogP contribution >= 0.6 is 35.0 Å². The second-order valence-electron chi connectivity index (χ2n) is 4.55. The molecule has 1 unspecified atom stereocenters. The second-order valence-corrected chi connectivity index (χ2v) is 8.34. The molecule has 0 radical (unpaired) electrons. The third kappa shape index (κ3) is 5.30. The first-order valence-corrected chi connectivity index (χ1v) is 9.94. The summed E-state index contributed by atoms with van der Waals surface area (Å²) in [6.07, 6.45) is 0. The Morgan fingerprint density at radius 1 is 1.33 bits per heavy atom. The first-order chi connectivity index (χ1) is 9.83. The summed E-state index contributed by atoms with van der Waals surface area (Å²) in [5.74, 6) is 1.66. The molecule has 0 saturated carbocycles. The third-order valence-corrected chi connectivity index (χ3v) is 6.40. The van der Waals surface area contributed by atoms with Gasteiger partial charge in [-0.2, -0.15) is 11.8 Å². The molecule has 2 N–H and O–H groups in total. The topological polar surface area (TPSA) is 58.2 Å². The lowest BCUT2D eigenvalue weighted by Crippen LogP contribution is -2.34. The molecule has 0 saturated heterocycles. The molecular weight excluding hydrogens is 351 g/mol. The molecule has 1 aromatic rings. The maximum absolute atomic E-state index is 12.4. The average Bonchev–Trinajstić information content (AvgIpc) is 2.40. The number of rotatable bonds is 8. The van der Waals surface area contributed by atoms with Crippen molar-refractivity contribution in [3.8, 4) is 0 Å². The van der Waals surface area contributed by atoms with Crippen LogP contribution in [0.4, 0.5) is 0 Å². The van der Waals surface area contributed by atoms with Crippen LogP contribution in [0.25, 0.3) is 0 Å². The number of hydrogen-bond acceptors (Lipinski definition) is 4. The van der Waals surface area contributed by atoms with E-state index in [9.17, 15) is 8.42 Å². The minimum atomic E-state index is -3.66. The van der Waals surface area contributed by atoms with Crippen molar-refractivity contribution >= 4 is 45.0 Å². The van der Waals surface area contributed by atoms with Gasteiger partial charge in [-0.15, -0.1) is 0 Å². The van der Waals surface area contributed by atoms with Crippen LogP contribution in [0.1, 0.15) is 19.4 Å². The minimum Gasteiger partial charge on any atom is -0.316 e. The Labute approximate surface area is 141 Å². The van der Waals surface area contributed by atoms with Gasteiger partial charge < -0.3 is 5.32 Å². The molecule has 0 fully saturated rings. The molecule has 1 aromatic carbocycles. The zero-order valence-electron chi connectivity index (χ0n) is 12.2. The van der Waals surface area contributed by atoms with Crippen LogP contribution in [0.15, 0.2) is 17.0 Å². The van der Waals surface area contributed by atoms with Gasteiger partial charge in [-0.25, -0.2) is 13.1 Å². The summed E-state index contributed by atoms with van der Waals surface area (Å²) in [6.45, 7) is 4.27. The van der Waals surface area contributed by atoms with Crippen molar-refractivity contribution in [2.24, 2.45) is 0 Å². The van der Waals surface area contributed by atoms with Crippen molar-refractivity contribution in [1.29, 1.82) is 0 Å². The van der Waals surface area contributed by atoms with E-state index < -0.39 is 10.0 Å². The summed E-state index contributed by atoms with van der Waals surface area (Å²) in [5, 5.41) is 3.54. The smallest absolute Gasteiger partial charge is 0.242 e. The number of nitrogens with one attached hydrogen (secondary N) is 2. The number of sulfonamides is 1. The van der Waals surface area contributed by atoms with Crippen LogP contribution in [0.3, 0.4) is 0 Å². The van der Waals surface area contributed by atoms with Crippen LogP contribution < -0.4 is 10.0 Å². The fourth-order valence-corrected chi connectivity index (χ4v) is 4.71. The Balaban J connectivity index is 3.06. The third-order valence-electron chi connectivity index (χ3n) is 2.72. The lowest BCUT2D eigenvalue weighted by atomic mass is 10.2. The predicted octanol–water partition coefficient (Wildman–Crippen LogP) is 3.13. The van der Waals surface area contributed by atoms with Gasteiger partial charge in [0.25, 0.3) is 0 Å². The predicted molar refractivity (Wildman–Crippen MR) is 92.0 cm³/mol. The van der Waals surface area contributed by atoms with Gasteiger partial charge in [0, 0.05) is 28.9 Å². The summed E-state index contributed by atoms with van der Waals surface area (Å²) < 4.78 is 27.5. The molecule has 0 aliphatic heterocycles. The van der Waals surface area contributed by atoms with E-state index in [2.05, 4.69) is 10.0 Å². The lowest BCUT2D eigenvalue weighted by molar-refractivity contribution is 0.571. The van der Waals surface area contributed by atoms with Crippen molar-refractivity contribution < 1.29 is 8.42 Å². The highest BCUT2D eigenvalue weighted by Gasteiger charge is 2.23. The fraction of sp³-hybridized carbons (Fsp3) is 0.538. The van der Waals surface area contributed by atoms with E-state index >= 15 is 0 Å². The first kappa shape index (κ1) is 19.1. The molecule has 8 heteroatoms. The minimum absolute atomic E-state index is 0.0622. The van der Waals surface area contributed by atoms with Crippen molar-refractivity contribution in [3.05, 3.63) is 27.7 Å². The summed E-state index contributed by atoms with van der Waals surface area (Å²) in [4.78, 5) is 0.0622. The van der Waals surface area contributed by atoms with Crippen LogP contribution in [-0.2, 0) is 16.6 Å². The summed E-state index contributed by atoms with van der Waals surface area (Å²) >= 11 is 14.0. The van der Waals surface area contributed by atoms with E-state index in [0.29, 0.717) is 22.9 Å².